The molecule has 1 aliphatic rings. The molecular weight excluding hydrogens is 302 g/mol. The Morgan fingerprint density at radius 1 is 1.42 bits per heavy atom. The normalized spacial score (nSPS) is 22.5. The van der Waals surface area contributed by atoms with E-state index in [0.29, 0.717) is 18.5 Å². The summed E-state index contributed by atoms with van der Waals surface area (Å²) in [6, 6.07) is 4.40. The van der Waals surface area contributed by atoms with Crippen molar-refractivity contribution in [1.29, 1.82) is 0 Å². The SMILES string of the molecule is CC(C(=O)NC[C@@H]1CCN(C)[C@H]1c1cccnc1)c1cnn(C)c1. The van der Waals surface area contributed by atoms with Crippen molar-refractivity contribution in [2.45, 2.75) is 25.3 Å². The van der Waals surface area contributed by atoms with Gasteiger partial charge in [0, 0.05) is 43.8 Å². The number of carbonyl (C=O) groups excluding carboxylic acids is 1. The van der Waals surface area contributed by atoms with E-state index in [1.807, 2.05) is 32.4 Å². The molecule has 1 N–H and O–H groups in total. The molecule has 0 bridgehead atoms. The van der Waals surface area contributed by atoms with Crippen LogP contribution in [0.15, 0.2) is 36.9 Å². The monoisotopic (exact) mass is 327 g/mol. The van der Waals surface area contributed by atoms with Gasteiger partial charge in [0.1, 0.15) is 0 Å². The molecule has 24 heavy (non-hydrogen) atoms. The lowest BCUT2D eigenvalue weighted by Crippen LogP contribution is -2.34. The van der Waals surface area contributed by atoms with Gasteiger partial charge in [0.05, 0.1) is 12.1 Å². The molecule has 0 aromatic carbocycles. The van der Waals surface area contributed by atoms with E-state index in [1.165, 1.54) is 5.56 Å². The maximum Gasteiger partial charge on any atom is 0.227 e. The average molecular weight is 327 g/mol. The summed E-state index contributed by atoms with van der Waals surface area (Å²) in [6.07, 6.45) is 8.46. The Labute approximate surface area is 142 Å². The zero-order chi connectivity index (χ0) is 17.1. The first-order chi connectivity index (χ1) is 11.6. The van der Waals surface area contributed by atoms with E-state index in [-0.39, 0.29) is 11.8 Å². The third-order valence-corrected chi connectivity index (χ3v) is 4.96. The van der Waals surface area contributed by atoms with Gasteiger partial charge in [0.15, 0.2) is 0 Å². The van der Waals surface area contributed by atoms with Crippen LogP contribution in [0.1, 0.15) is 36.4 Å². The fraction of sp³-hybridized carbons (Fsp3) is 0.500. The number of aryl methyl sites for hydroxylation is 1. The molecule has 1 saturated heterocycles. The molecule has 0 radical (unpaired) electrons. The number of rotatable bonds is 5. The Morgan fingerprint density at radius 2 is 2.25 bits per heavy atom. The average Bonchev–Trinajstić information content (AvgIpc) is 3.18. The van der Waals surface area contributed by atoms with E-state index >= 15 is 0 Å². The molecule has 128 valence electrons. The highest BCUT2D eigenvalue weighted by atomic mass is 16.1. The van der Waals surface area contributed by atoms with Crippen LogP contribution in [0.4, 0.5) is 0 Å². The second kappa shape index (κ2) is 7.13. The van der Waals surface area contributed by atoms with E-state index in [4.69, 9.17) is 0 Å². The standard InChI is InChI=1S/C18H25N5O/c1-13(16-11-21-23(3)12-16)18(24)20-10-15-6-8-22(2)17(15)14-5-4-7-19-9-14/h4-5,7,9,11-13,15,17H,6,8,10H2,1-3H3,(H,20,24)/t13?,15-,17-/m0/s1. The second-order valence-electron chi connectivity index (χ2n) is 6.67. The van der Waals surface area contributed by atoms with Crippen LogP contribution in [0, 0.1) is 5.92 Å². The van der Waals surface area contributed by atoms with Gasteiger partial charge in [-0.05, 0) is 44.5 Å². The van der Waals surface area contributed by atoms with E-state index in [0.717, 1.165) is 18.5 Å². The predicted molar refractivity (Wildman–Crippen MR) is 92.3 cm³/mol. The summed E-state index contributed by atoms with van der Waals surface area (Å²) in [4.78, 5) is 19.0. The highest BCUT2D eigenvalue weighted by Gasteiger charge is 2.33. The van der Waals surface area contributed by atoms with Gasteiger partial charge in [-0.15, -0.1) is 0 Å². The number of likely N-dealkylation sites (tertiary alicyclic amines) is 1. The third kappa shape index (κ3) is 3.48. The summed E-state index contributed by atoms with van der Waals surface area (Å²) in [6.45, 7) is 3.65. The van der Waals surface area contributed by atoms with Gasteiger partial charge in [0.2, 0.25) is 5.91 Å². The molecular formula is C18H25N5O. The highest BCUT2D eigenvalue weighted by Crippen LogP contribution is 2.35. The van der Waals surface area contributed by atoms with Crippen molar-refractivity contribution in [2.75, 3.05) is 20.1 Å². The Balaban J connectivity index is 1.62. The largest absolute Gasteiger partial charge is 0.355 e. The molecule has 6 nitrogen and oxygen atoms in total. The van der Waals surface area contributed by atoms with Gasteiger partial charge in [-0.1, -0.05) is 6.07 Å². The molecule has 1 unspecified atom stereocenters. The van der Waals surface area contributed by atoms with Gasteiger partial charge in [0.25, 0.3) is 0 Å². The van der Waals surface area contributed by atoms with Crippen LogP contribution in [-0.2, 0) is 11.8 Å². The maximum atomic E-state index is 12.5. The molecule has 6 heteroatoms. The summed E-state index contributed by atoms with van der Waals surface area (Å²) >= 11 is 0. The molecule has 3 rings (SSSR count). The van der Waals surface area contributed by atoms with Crippen LogP contribution in [0.25, 0.3) is 0 Å². The first-order valence-corrected chi connectivity index (χ1v) is 8.42. The van der Waals surface area contributed by atoms with E-state index in [9.17, 15) is 4.79 Å². The summed E-state index contributed by atoms with van der Waals surface area (Å²) in [5.41, 5.74) is 2.17. The molecule has 3 heterocycles. The van der Waals surface area contributed by atoms with Gasteiger partial charge in [-0.3, -0.25) is 19.4 Å². The summed E-state index contributed by atoms with van der Waals surface area (Å²) < 4.78 is 1.73. The van der Waals surface area contributed by atoms with E-state index in [2.05, 4.69) is 33.4 Å². The summed E-state index contributed by atoms with van der Waals surface area (Å²) in [5, 5.41) is 7.27. The third-order valence-electron chi connectivity index (χ3n) is 4.96. The molecule has 1 fully saturated rings. The van der Waals surface area contributed by atoms with Crippen molar-refractivity contribution >= 4 is 5.91 Å². The van der Waals surface area contributed by atoms with E-state index < -0.39 is 0 Å². The quantitative estimate of drug-likeness (QED) is 0.908. The van der Waals surface area contributed by atoms with Crippen LogP contribution in [0.3, 0.4) is 0 Å². The zero-order valence-corrected chi connectivity index (χ0v) is 14.5. The molecule has 1 amide bonds. The van der Waals surface area contributed by atoms with Crippen molar-refractivity contribution in [3.05, 3.63) is 48.0 Å². The molecule has 1 aliphatic heterocycles. The lowest BCUT2D eigenvalue weighted by molar-refractivity contribution is -0.122. The molecule has 3 atom stereocenters. The van der Waals surface area contributed by atoms with E-state index in [1.54, 1.807) is 17.1 Å². The number of pyridine rings is 1. The van der Waals surface area contributed by atoms with Gasteiger partial charge in [-0.2, -0.15) is 5.10 Å². The van der Waals surface area contributed by atoms with Crippen molar-refractivity contribution < 1.29 is 4.79 Å². The predicted octanol–water partition coefficient (Wildman–Crippen LogP) is 1.73. The smallest absolute Gasteiger partial charge is 0.227 e. The van der Waals surface area contributed by atoms with Gasteiger partial charge in [-0.25, -0.2) is 0 Å². The molecule has 0 aliphatic carbocycles. The number of nitrogens with one attached hydrogen (secondary N) is 1. The molecule has 0 saturated carbocycles. The Bertz CT molecular complexity index is 684. The zero-order valence-electron chi connectivity index (χ0n) is 14.5. The van der Waals surface area contributed by atoms with Crippen LogP contribution >= 0.6 is 0 Å². The summed E-state index contributed by atoms with van der Waals surface area (Å²) in [7, 11) is 4.00. The van der Waals surface area contributed by atoms with Crippen molar-refractivity contribution in [1.82, 2.24) is 25.0 Å². The lowest BCUT2D eigenvalue weighted by atomic mass is 9.94. The number of hydrogen-bond acceptors (Lipinski definition) is 4. The topological polar surface area (TPSA) is 63.1 Å². The first kappa shape index (κ1) is 16.6. The van der Waals surface area contributed by atoms with Crippen LogP contribution in [0.5, 0.6) is 0 Å². The minimum Gasteiger partial charge on any atom is -0.355 e. The Kier molecular flexibility index (Phi) is 4.94. The Morgan fingerprint density at radius 3 is 2.92 bits per heavy atom. The second-order valence-corrected chi connectivity index (χ2v) is 6.67. The van der Waals surface area contributed by atoms with Gasteiger partial charge >= 0.3 is 0 Å². The van der Waals surface area contributed by atoms with Crippen LogP contribution in [0.2, 0.25) is 0 Å². The number of carbonyl (C=O) groups is 1. The number of amides is 1. The van der Waals surface area contributed by atoms with Crippen molar-refractivity contribution in [2.24, 2.45) is 13.0 Å². The maximum absolute atomic E-state index is 12.5. The minimum atomic E-state index is -0.185. The number of aromatic nitrogens is 3. The minimum absolute atomic E-state index is 0.0579. The fourth-order valence-corrected chi connectivity index (χ4v) is 3.52. The Hall–Kier alpha value is -2.21. The highest BCUT2D eigenvalue weighted by molar-refractivity contribution is 5.83. The lowest BCUT2D eigenvalue weighted by Gasteiger charge is -2.25. The molecule has 2 aromatic heterocycles. The fourth-order valence-electron chi connectivity index (χ4n) is 3.52. The van der Waals surface area contributed by atoms with Crippen LogP contribution < -0.4 is 5.32 Å². The van der Waals surface area contributed by atoms with Crippen molar-refractivity contribution in [3.8, 4) is 0 Å². The number of hydrogen-bond donors (Lipinski definition) is 1. The molecule has 2 aromatic rings. The number of nitrogens with zero attached hydrogens (tertiary/aromatic N) is 4. The first-order valence-electron chi connectivity index (χ1n) is 8.42. The van der Waals surface area contributed by atoms with Crippen LogP contribution in [-0.4, -0.2) is 45.7 Å². The summed E-state index contributed by atoms with van der Waals surface area (Å²) in [5.74, 6) is 0.279. The van der Waals surface area contributed by atoms with Crippen molar-refractivity contribution in [3.63, 3.8) is 0 Å². The van der Waals surface area contributed by atoms with Gasteiger partial charge < -0.3 is 5.32 Å². The molecule has 0 spiro atoms.